The molecule has 0 spiro atoms. The third-order valence-electron chi connectivity index (χ3n) is 0.892. The van der Waals surface area contributed by atoms with E-state index in [1.807, 2.05) is 0 Å². The van der Waals surface area contributed by atoms with Crippen LogP contribution in [0.5, 0.6) is 0 Å². The molecule has 0 aliphatic carbocycles. The third-order valence-corrected chi connectivity index (χ3v) is 1.12. The monoisotopic (exact) mass is 153 g/mol. The highest BCUT2D eigenvalue weighted by Gasteiger charge is 1.79. The van der Waals surface area contributed by atoms with E-state index in [9.17, 15) is 0 Å². The Morgan fingerprint density at radius 1 is 1.38 bits per heavy atom. The average Bonchev–Trinajstić information content (AvgIpc) is 1.69. The number of hydrogen-bond acceptors (Lipinski definition) is 1. The summed E-state index contributed by atoms with van der Waals surface area (Å²) in [6, 6.07) is 0. The van der Waals surface area contributed by atoms with Crippen LogP contribution in [0.25, 0.3) is 0 Å². The topological polar surface area (TPSA) is 12.0 Å². The minimum absolute atomic E-state index is 0. The van der Waals surface area contributed by atoms with Crippen LogP contribution in [0, 0.1) is 0 Å². The van der Waals surface area contributed by atoms with Crippen LogP contribution in [-0.2, 0) is 0 Å². The van der Waals surface area contributed by atoms with E-state index in [1.165, 1.54) is 19.3 Å². The lowest BCUT2D eigenvalue weighted by Crippen LogP contribution is -1.98. The van der Waals surface area contributed by atoms with Gasteiger partial charge in [-0.25, -0.2) is 0 Å². The van der Waals surface area contributed by atoms with Crippen LogP contribution in [0.2, 0.25) is 0 Å². The smallest absolute Gasteiger partial charge is 0.0555 e. The average molecular weight is 154 g/mol. The molecule has 0 amide bonds. The fourth-order valence-corrected chi connectivity index (χ4v) is 0.612. The summed E-state index contributed by atoms with van der Waals surface area (Å²) in [5, 5.41) is 2.80. The lowest BCUT2D eigenvalue weighted by Gasteiger charge is -1.92. The molecule has 0 aliphatic heterocycles. The van der Waals surface area contributed by atoms with Crippen LogP contribution in [0.3, 0.4) is 0 Å². The van der Waals surface area contributed by atoms with Crippen LogP contribution >= 0.6 is 21.8 Å². The number of halogens is 1. The Bertz CT molecular complexity index is 31.6. The maximum Gasteiger partial charge on any atom is 0.0555 e. The van der Waals surface area contributed by atoms with E-state index >= 15 is 0 Å². The zero-order chi connectivity index (χ0) is 5.54. The molecular formula is C5H13ClNP. The molecule has 0 aliphatic rings. The summed E-state index contributed by atoms with van der Waals surface area (Å²) in [7, 11) is 3.84. The van der Waals surface area contributed by atoms with Crippen LogP contribution in [0.1, 0.15) is 26.2 Å². The highest BCUT2D eigenvalue weighted by Crippen LogP contribution is 1.91. The van der Waals surface area contributed by atoms with Gasteiger partial charge in [0.25, 0.3) is 0 Å². The second-order valence-corrected chi connectivity index (χ2v) is 1.93. The van der Waals surface area contributed by atoms with Gasteiger partial charge >= 0.3 is 0 Å². The molecule has 0 atom stereocenters. The van der Waals surface area contributed by atoms with Crippen LogP contribution in [-0.4, -0.2) is 6.54 Å². The second-order valence-electron chi connectivity index (χ2n) is 1.62. The highest BCUT2D eigenvalue weighted by molar-refractivity contribution is 7.13. The minimum Gasteiger partial charge on any atom is -0.286 e. The van der Waals surface area contributed by atoms with Crippen molar-refractivity contribution in [3.8, 4) is 0 Å². The van der Waals surface area contributed by atoms with Crippen molar-refractivity contribution in [1.82, 2.24) is 5.09 Å². The summed E-state index contributed by atoms with van der Waals surface area (Å²) in [4.78, 5) is 0. The predicted molar refractivity (Wildman–Crippen MR) is 41.7 cm³/mol. The molecule has 2 radical (unpaired) electrons. The Hall–Kier alpha value is 0.680. The van der Waals surface area contributed by atoms with E-state index < -0.39 is 0 Å². The molecule has 0 heterocycles. The van der Waals surface area contributed by atoms with Crippen LogP contribution in [0.4, 0.5) is 0 Å². The maximum atomic E-state index is 3.84. The molecule has 0 unspecified atom stereocenters. The van der Waals surface area contributed by atoms with Crippen molar-refractivity contribution in [2.45, 2.75) is 26.2 Å². The van der Waals surface area contributed by atoms with Crippen molar-refractivity contribution in [3.63, 3.8) is 0 Å². The quantitative estimate of drug-likeness (QED) is 0.484. The van der Waals surface area contributed by atoms with Crippen LogP contribution < -0.4 is 5.09 Å². The number of unbranched alkanes of at least 4 members (excludes halogenated alkanes) is 2. The van der Waals surface area contributed by atoms with Gasteiger partial charge in [-0.2, -0.15) is 0 Å². The van der Waals surface area contributed by atoms with Crippen LogP contribution in [0.15, 0.2) is 0 Å². The first kappa shape index (κ1) is 11.5. The predicted octanol–water partition coefficient (Wildman–Crippen LogP) is 2.51. The van der Waals surface area contributed by atoms with E-state index in [0.29, 0.717) is 0 Å². The van der Waals surface area contributed by atoms with Gasteiger partial charge < -0.3 is 0 Å². The number of nitrogens with one attached hydrogen (secondary N) is 1. The van der Waals surface area contributed by atoms with E-state index in [0.717, 1.165) is 6.54 Å². The highest BCUT2D eigenvalue weighted by atomic mass is 35.5. The van der Waals surface area contributed by atoms with Gasteiger partial charge in [0, 0.05) is 0 Å². The summed E-state index contributed by atoms with van der Waals surface area (Å²) in [5.74, 6) is 0. The molecule has 0 aromatic heterocycles. The van der Waals surface area contributed by atoms with Gasteiger partial charge in [-0.1, -0.05) is 19.8 Å². The van der Waals surface area contributed by atoms with Crippen molar-refractivity contribution in [3.05, 3.63) is 0 Å². The Morgan fingerprint density at radius 3 is 2.38 bits per heavy atom. The van der Waals surface area contributed by atoms with Gasteiger partial charge in [0.1, 0.15) is 0 Å². The first-order chi connectivity index (χ1) is 3.41. The Labute approximate surface area is 60.3 Å². The lowest BCUT2D eigenvalue weighted by atomic mass is 10.3. The largest absolute Gasteiger partial charge is 0.286 e. The van der Waals surface area contributed by atoms with Crippen molar-refractivity contribution in [2.75, 3.05) is 6.54 Å². The SMILES string of the molecule is CCCCCN[P].Cl. The standard InChI is InChI=1S/C5H12NP.ClH/c1-2-3-4-5-6-7;/h6H,2-5H2,1H3;1H. The van der Waals surface area contributed by atoms with Gasteiger partial charge in [0.15, 0.2) is 0 Å². The first-order valence-corrected chi connectivity index (χ1v) is 3.23. The maximum absolute atomic E-state index is 3.84. The molecule has 3 heteroatoms. The molecular weight excluding hydrogens is 140 g/mol. The fraction of sp³-hybridized carbons (Fsp3) is 1.00. The summed E-state index contributed by atoms with van der Waals surface area (Å²) < 4.78 is 0. The molecule has 0 aromatic rings. The van der Waals surface area contributed by atoms with Gasteiger partial charge in [-0.15, -0.1) is 12.4 Å². The fourth-order valence-electron chi connectivity index (χ4n) is 0.454. The number of rotatable bonds is 4. The molecule has 0 saturated heterocycles. The Balaban J connectivity index is 0. The van der Waals surface area contributed by atoms with E-state index in [2.05, 4.69) is 21.4 Å². The van der Waals surface area contributed by atoms with E-state index in [1.54, 1.807) is 0 Å². The second kappa shape index (κ2) is 10.6. The first-order valence-electron chi connectivity index (χ1n) is 2.78. The molecule has 0 rings (SSSR count). The zero-order valence-corrected chi connectivity index (χ0v) is 6.89. The van der Waals surface area contributed by atoms with Gasteiger partial charge in [0.05, 0.1) is 9.39 Å². The van der Waals surface area contributed by atoms with Gasteiger partial charge in [0.2, 0.25) is 0 Å². The summed E-state index contributed by atoms with van der Waals surface area (Å²) in [6.45, 7) is 3.23. The van der Waals surface area contributed by atoms with Crippen molar-refractivity contribution in [2.24, 2.45) is 0 Å². The third kappa shape index (κ3) is 9.84. The van der Waals surface area contributed by atoms with Crippen molar-refractivity contribution >= 4 is 21.8 Å². The van der Waals surface area contributed by atoms with Crippen molar-refractivity contribution < 1.29 is 0 Å². The summed E-state index contributed by atoms with van der Waals surface area (Å²) in [5.41, 5.74) is 0. The molecule has 50 valence electrons. The van der Waals surface area contributed by atoms with Gasteiger partial charge in [-0.3, -0.25) is 5.09 Å². The molecule has 0 fully saturated rings. The molecule has 8 heavy (non-hydrogen) atoms. The van der Waals surface area contributed by atoms with E-state index in [-0.39, 0.29) is 12.4 Å². The zero-order valence-electron chi connectivity index (χ0n) is 5.18. The number of hydrogen-bond donors (Lipinski definition) is 1. The van der Waals surface area contributed by atoms with Gasteiger partial charge in [-0.05, 0) is 13.0 Å². The molecule has 0 aromatic carbocycles. The molecule has 0 bridgehead atoms. The molecule has 1 N–H and O–H groups in total. The summed E-state index contributed by atoms with van der Waals surface area (Å²) >= 11 is 0. The minimum atomic E-state index is 0. The molecule has 1 nitrogen and oxygen atoms in total. The van der Waals surface area contributed by atoms with E-state index in [4.69, 9.17) is 0 Å². The van der Waals surface area contributed by atoms with Crippen molar-refractivity contribution in [1.29, 1.82) is 0 Å². The lowest BCUT2D eigenvalue weighted by molar-refractivity contribution is 0.709. The summed E-state index contributed by atoms with van der Waals surface area (Å²) in [6.07, 6.45) is 3.85. The normalized spacial score (nSPS) is 8.25. The Morgan fingerprint density at radius 2 is 2.00 bits per heavy atom. The Kier molecular flexibility index (Phi) is 15.2. The molecule has 0 saturated carbocycles.